The van der Waals surface area contributed by atoms with Crippen molar-refractivity contribution in [1.29, 1.82) is 0 Å². The molecule has 9 aromatic carbocycles. The van der Waals surface area contributed by atoms with Crippen molar-refractivity contribution in [2.24, 2.45) is 0 Å². The maximum Gasteiger partial charge on any atom is 0.0541 e. The van der Waals surface area contributed by atoms with Crippen LogP contribution in [0.4, 0.5) is 17.1 Å². The zero-order valence-electron chi connectivity index (χ0n) is 29.7. The topological polar surface area (TPSA) is 8.17 Å². The molecule has 10 aromatic rings. The van der Waals surface area contributed by atoms with Crippen LogP contribution in [-0.4, -0.2) is 4.57 Å². The Balaban J connectivity index is 1.12. The minimum atomic E-state index is 1.09. The Hall–Kier alpha value is -7.16. The monoisotopic (exact) mass is 688 g/mol. The van der Waals surface area contributed by atoms with E-state index in [-0.39, 0.29) is 0 Å². The second kappa shape index (κ2) is 13.4. The molecular weight excluding hydrogens is 653 g/mol. The van der Waals surface area contributed by atoms with Gasteiger partial charge < -0.3 is 9.47 Å². The van der Waals surface area contributed by atoms with E-state index in [0.717, 1.165) is 22.7 Å². The fourth-order valence-electron chi connectivity index (χ4n) is 8.04. The second-order valence-electron chi connectivity index (χ2n) is 13.8. The molecule has 1 heterocycles. The first-order valence-corrected chi connectivity index (χ1v) is 18.5. The van der Waals surface area contributed by atoms with Crippen LogP contribution in [0.5, 0.6) is 0 Å². The molecule has 2 nitrogen and oxygen atoms in total. The highest BCUT2D eigenvalue weighted by Gasteiger charge is 2.19. The lowest BCUT2D eigenvalue weighted by Crippen LogP contribution is -2.11. The summed E-state index contributed by atoms with van der Waals surface area (Å²) in [6.07, 6.45) is 0. The summed E-state index contributed by atoms with van der Waals surface area (Å²) in [6.45, 7) is 0. The van der Waals surface area contributed by atoms with Gasteiger partial charge >= 0.3 is 0 Å². The lowest BCUT2D eigenvalue weighted by atomic mass is 9.96. The van der Waals surface area contributed by atoms with Gasteiger partial charge in [0.2, 0.25) is 0 Å². The Morgan fingerprint density at radius 1 is 0.315 bits per heavy atom. The van der Waals surface area contributed by atoms with E-state index < -0.39 is 0 Å². The Kier molecular flexibility index (Phi) is 7.85. The average molecular weight is 689 g/mol. The van der Waals surface area contributed by atoms with E-state index in [2.05, 4.69) is 228 Å². The number of para-hydroxylation sites is 3. The molecule has 0 bridgehead atoms. The number of hydrogen-bond acceptors (Lipinski definition) is 1. The summed E-state index contributed by atoms with van der Waals surface area (Å²) in [4.78, 5) is 2.38. The van der Waals surface area contributed by atoms with Gasteiger partial charge in [-0.1, -0.05) is 164 Å². The molecule has 0 atom stereocenters. The van der Waals surface area contributed by atoms with Crippen molar-refractivity contribution >= 4 is 49.6 Å². The van der Waals surface area contributed by atoms with Gasteiger partial charge in [-0.25, -0.2) is 0 Å². The van der Waals surface area contributed by atoms with Gasteiger partial charge in [-0.3, -0.25) is 0 Å². The molecule has 254 valence electrons. The molecule has 0 N–H and O–H groups in total. The van der Waals surface area contributed by atoms with Gasteiger partial charge in [-0.05, 0) is 93.2 Å². The van der Waals surface area contributed by atoms with Gasteiger partial charge in [0, 0.05) is 33.4 Å². The molecule has 54 heavy (non-hydrogen) atoms. The SMILES string of the molecule is c1ccc(-c2ccc(N(c3ccc(-c4cc(-n5c6ccccc6c6ccccc65)cc5ccccc45)cc3)c3ccccc3-c3ccccc3)cc2)cc1. The van der Waals surface area contributed by atoms with Crippen molar-refractivity contribution in [3.05, 3.63) is 218 Å². The Morgan fingerprint density at radius 3 is 1.43 bits per heavy atom. The summed E-state index contributed by atoms with van der Waals surface area (Å²) in [5, 5.41) is 4.98. The number of rotatable bonds is 7. The van der Waals surface area contributed by atoms with E-state index in [1.165, 1.54) is 66.0 Å². The van der Waals surface area contributed by atoms with Crippen molar-refractivity contribution in [1.82, 2.24) is 4.57 Å². The number of benzene rings is 9. The first-order chi connectivity index (χ1) is 26.8. The lowest BCUT2D eigenvalue weighted by Gasteiger charge is -2.28. The molecule has 2 heteroatoms. The molecule has 0 saturated carbocycles. The number of nitrogens with zero attached hydrogens (tertiary/aromatic N) is 2. The van der Waals surface area contributed by atoms with Crippen LogP contribution in [0.15, 0.2) is 218 Å². The normalized spacial score (nSPS) is 11.3. The molecule has 0 unspecified atom stereocenters. The van der Waals surface area contributed by atoms with E-state index >= 15 is 0 Å². The highest BCUT2D eigenvalue weighted by atomic mass is 15.1. The Bertz CT molecular complexity index is 2850. The molecule has 0 aliphatic heterocycles. The molecule has 0 aliphatic rings. The fourth-order valence-corrected chi connectivity index (χ4v) is 8.04. The van der Waals surface area contributed by atoms with Crippen LogP contribution < -0.4 is 4.90 Å². The first kappa shape index (κ1) is 31.6. The van der Waals surface area contributed by atoms with Crippen molar-refractivity contribution in [3.63, 3.8) is 0 Å². The molecule has 0 aliphatic carbocycles. The standard InChI is InChI=1S/C52H36N2/c1-3-15-37(16-4-1)38-27-31-42(32-28-38)53(50-24-12-9-21-46(50)39-17-5-2-6-18-39)43-33-29-40(30-34-43)49-36-44(35-41-19-7-8-20-45(41)49)54-51-25-13-10-22-47(51)48-23-11-14-26-52(48)54/h1-36H. The molecule has 0 saturated heterocycles. The van der Waals surface area contributed by atoms with Gasteiger partial charge in [0.05, 0.1) is 16.7 Å². The summed E-state index contributed by atoms with van der Waals surface area (Å²) in [7, 11) is 0. The summed E-state index contributed by atoms with van der Waals surface area (Å²) in [6, 6.07) is 78.8. The zero-order chi connectivity index (χ0) is 35.8. The molecule has 1 aromatic heterocycles. The third-order valence-electron chi connectivity index (χ3n) is 10.6. The van der Waals surface area contributed by atoms with E-state index in [4.69, 9.17) is 0 Å². The highest BCUT2D eigenvalue weighted by Crippen LogP contribution is 2.43. The van der Waals surface area contributed by atoms with Crippen LogP contribution in [-0.2, 0) is 0 Å². The minimum Gasteiger partial charge on any atom is -0.310 e. The van der Waals surface area contributed by atoms with Gasteiger partial charge in [0.25, 0.3) is 0 Å². The fraction of sp³-hybridized carbons (Fsp3) is 0. The van der Waals surface area contributed by atoms with E-state index in [9.17, 15) is 0 Å². The number of hydrogen-bond donors (Lipinski definition) is 0. The van der Waals surface area contributed by atoms with Crippen LogP contribution in [0.2, 0.25) is 0 Å². The molecule has 0 radical (unpaired) electrons. The quantitative estimate of drug-likeness (QED) is 0.162. The van der Waals surface area contributed by atoms with Gasteiger partial charge in [0.1, 0.15) is 0 Å². The predicted molar refractivity (Wildman–Crippen MR) is 229 cm³/mol. The Labute approximate surface area is 315 Å². The third-order valence-corrected chi connectivity index (χ3v) is 10.6. The molecular formula is C52H36N2. The second-order valence-corrected chi connectivity index (χ2v) is 13.8. The molecule has 0 spiro atoms. The van der Waals surface area contributed by atoms with Crippen LogP contribution in [0.25, 0.3) is 71.6 Å². The van der Waals surface area contributed by atoms with E-state index in [1.807, 2.05) is 0 Å². The number of fused-ring (bicyclic) bond motifs is 4. The van der Waals surface area contributed by atoms with Gasteiger partial charge in [0.15, 0.2) is 0 Å². The van der Waals surface area contributed by atoms with Gasteiger partial charge in [-0.15, -0.1) is 0 Å². The summed E-state index contributed by atoms with van der Waals surface area (Å²) >= 11 is 0. The van der Waals surface area contributed by atoms with Crippen LogP contribution in [0.1, 0.15) is 0 Å². The highest BCUT2D eigenvalue weighted by molar-refractivity contribution is 6.10. The predicted octanol–water partition coefficient (Wildman–Crippen LogP) is 14.4. The van der Waals surface area contributed by atoms with Crippen molar-refractivity contribution in [3.8, 4) is 39.1 Å². The number of aromatic nitrogens is 1. The summed E-state index contributed by atoms with van der Waals surface area (Å²) < 4.78 is 2.41. The van der Waals surface area contributed by atoms with E-state index in [0.29, 0.717) is 0 Å². The first-order valence-electron chi connectivity index (χ1n) is 18.5. The molecule has 10 rings (SSSR count). The molecule has 0 fully saturated rings. The van der Waals surface area contributed by atoms with Gasteiger partial charge in [-0.2, -0.15) is 0 Å². The summed E-state index contributed by atoms with van der Waals surface area (Å²) in [5.41, 5.74) is 14.0. The third kappa shape index (κ3) is 5.53. The smallest absolute Gasteiger partial charge is 0.0541 e. The molecule has 0 amide bonds. The van der Waals surface area contributed by atoms with Crippen LogP contribution >= 0.6 is 0 Å². The maximum atomic E-state index is 2.41. The van der Waals surface area contributed by atoms with E-state index in [1.54, 1.807) is 0 Å². The Morgan fingerprint density at radius 2 is 0.778 bits per heavy atom. The average Bonchev–Trinajstić information content (AvgIpc) is 3.59. The lowest BCUT2D eigenvalue weighted by molar-refractivity contribution is 1.19. The largest absolute Gasteiger partial charge is 0.310 e. The van der Waals surface area contributed by atoms with Crippen molar-refractivity contribution < 1.29 is 0 Å². The van der Waals surface area contributed by atoms with Crippen LogP contribution in [0.3, 0.4) is 0 Å². The maximum absolute atomic E-state index is 2.41. The van der Waals surface area contributed by atoms with Crippen molar-refractivity contribution in [2.75, 3.05) is 4.90 Å². The van der Waals surface area contributed by atoms with Crippen LogP contribution in [0, 0.1) is 0 Å². The summed E-state index contributed by atoms with van der Waals surface area (Å²) in [5.74, 6) is 0. The zero-order valence-corrected chi connectivity index (χ0v) is 29.7. The number of anilines is 3. The van der Waals surface area contributed by atoms with Crippen molar-refractivity contribution in [2.45, 2.75) is 0 Å². The minimum absolute atomic E-state index is 1.09.